The van der Waals surface area contributed by atoms with E-state index in [1.807, 2.05) is 0 Å². The summed E-state index contributed by atoms with van der Waals surface area (Å²) >= 11 is 0. The molecule has 0 aromatic heterocycles. The molecule has 0 aromatic rings. The zero-order valence-corrected chi connectivity index (χ0v) is 9.32. The van der Waals surface area contributed by atoms with E-state index in [-0.39, 0.29) is 111 Å². The summed E-state index contributed by atoms with van der Waals surface area (Å²) in [5.41, 5.74) is 0. The molecule has 0 aromatic carbocycles. The van der Waals surface area contributed by atoms with Crippen molar-refractivity contribution in [3.8, 4) is 0 Å². The minimum absolute atomic E-state index is 0. The third-order valence-corrected chi connectivity index (χ3v) is 0. The van der Waals surface area contributed by atoms with Gasteiger partial charge in [-0.25, -0.2) is 0 Å². The minimum Gasteiger partial charge on any atom is -2.00 e. The van der Waals surface area contributed by atoms with Gasteiger partial charge in [0.25, 0.3) is 0 Å². The predicted octanol–water partition coefficient (Wildman–Crippen LogP) is -0.594. The molecule has 0 saturated heterocycles. The van der Waals surface area contributed by atoms with Crippen molar-refractivity contribution in [2.24, 2.45) is 0 Å². The van der Waals surface area contributed by atoms with Crippen LogP contribution in [0.2, 0.25) is 0 Å². The molecule has 0 atom stereocenters. The Bertz CT molecular complexity index is 6.04. The average molecular weight is 360 g/mol. The quantitative estimate of drug-likeness (QED) is 0.544. The summed E-state index contributed by atoms with van der Waals surface area (Å²) in [5, 5.41) is 0. The van der Waals surface area contributed by atoms with E-state index < -0.39 is 0 Å². The number of hydrogen-bond donors (Lipinski definition) is 0. The second-order valence-electron chi connectivity index (χ2n) is 0. The van der Waals surface area contributed by atoms with Crippen molar-refractivity contribution in [3.05, 3.63) is 0 Å². The Morgan fingerprint density at radius 2 is 0.286 bits per heavy atom. The maximum atomic E-state index is 0. The molecule has 5 nitrogen and oxygen atoms in total. The summed E-state index contributed by atoms with van der Waals surface area (Å²) < 4.78 is 0. The molecular formula is Ce2O5. The SMILES string of the molecule is [Ce+5].[Ce+5].[O-2].[O-2].[O-2].[O-2].[O-2]. The van der Waals surface area contributed by atoms with E-state index in [0.29, 0.717) is 0 Å². The molecule has 0 amide bonds. The topological polar surface area (TPSA) is 142 Å². The molecule has 0 rings (SSSR count). The first-order valence-electron chi connectivity index (χ1n) is 0. The Morgan fingerprint density at radius 1 is 0.286 bits per heavy atom. The zero-order valence-electron chi connectivity index (χ0n) is 3.04. The molecule has 0 spiro atoms. The van der Waals surface area contributed by atoms with Gasteiger partial charge in [-0.3, -0.25) is 0 Å². The summed E-state index contributed by atoms with van der Waals surface area (Å²) in [6, 6.07) is 0. The fourth-order valence-electron chi connectivity index (χ4n) is 0. The third-order valence-electron chi connectivity index (χ3n) is 0. The third kappa shape index (κ3) is 56.3. The monoisotopic (exact) mass is 360 g/mol. The van der Waals surface area contributed by atoms with Crippen molar-refractivity contribution >= 4 is 0 Å². The van der Waals surface area contributed by atoms with Crippen LogP contribution in [0.4, 0.5) is 0 Å². The summed E-state index contributed by atoms with van der Waals surface area (Å²) in [6.07, 6.45) is 0. The van der Waals surface area contributed by atoms with Crippen molar-refractivity contribution < 1.29 is 111 Å². The first-order chi connectivity index (χ1) is 0. The summed E-state index contributed by atoms with van der Waals surface area (Å²) in [6.45, 7) is 0. The van der Waals surface area contributed by atoms with Crippen LogP contribution in [0.1, 0.15) is 0 Å². The molecule has 38 valence electrons. The van der Waals surface area contributed by atoms with Crippen LogP contribution in [-0.2, 0) is 27.4 Å². The van der Waals surface area contributed by atoms with Crippen molar-refractivity contribution in [1.82, 2.24) is 0 Å². The van der Waals surface area contributed by atoms with Gasteiger partial charge in [0, 0.05) is 0 Å². The molecule has 0 aliphatic heterocycles. The summed E-state index contributed by atoms with van der Waals surface area (Å²) in [4.78, 5) is 0. The first kappa shape index (κ1) is 107. The zero-order chi connectivity index (χ0) is 0. The van der Waals surface area contributed by atoms with Crippen LogP contribution in [0, 0.1) is 83.5 Å². The minimum atomic E-state index is 0. The molecule has 0 aliphatic carbocycles. The van der Waals surface area contributed by atoms with E-state index in [1.54, 1.807) is 0 Å². The fourth-order valence-corrected chi connectivity index (χ4v) is 0. The van der Waals surface area contributed by atoms with Crippen LogP contribution < -0.4 is 0 Å². The number of rotatable bonds is 0. The normalized spacial score (nSPS) is 0. The second-order valence-corrected chi connectivity index (χ2v) is 0. The molecule has 7 heteroatoms. The van der Waals surface area contributed by atoms with Gasteiger partial charge in [0.1, 0.15) is 0 Å². The van der Waals surface area contributed by atoms with Crippen molar-refractivity contribution in [2.75, 3.05) is 0 Å². The van der Waals surface area contributed by atoms with Gasteiger partial charge >= 0.3 is 83.5 Å². The standard InChI is InChI=1S/2Ce.5O/q2*+5;5*-2. The molecule has 0 fully saturated rings. The van der Waals surface area contributed by atoms with Gasteiger partial charge < -0.3 is 27.4 Å². The molecule has 0 bridgehead atoms. The van der Waals surface area contributed by atoms with Crippen LogP contribution in [0.25, 0.3) is 0 Å². The van der Waals surface area contributed by atoms with Gasteiger partial charge in [-0.15, -0.1) is 0 Å². The maximum absolute atomic E-state index is 0. The molecule has 0 radical (unpaired) electrons. The van der Waals surface area contributed by atoms with E-state index in [2.05, 4.69) is 0 Å². The van der Waals surface area contributed by atoms with Gasteiger partial charge in [-0.05, 0) is 0 Å². The molecule has 0 N–H and O–H groups in total. The van der Waals surface area contributed by atoms with Gasteiger partial charge in [-0.1, -0.05) is 0 Å². The van der Waals surface area contributed by atoms with Crippen LogP contribution in [0.15, 0.2) is 0 Å². The van der Waals surface area contributed by atoms with E-state index in [9.17, 15) is 0 Å². The summed E-state index contributed by atoms with van der Waals surface area (Å²) in [7, 11) is 0. The van der Waals surface area contributed by atoms with E-state index >= 15 is 0 Å². The van der Waals surface area contributed by atoms with E-state index in [1.165, 1.54) is 0 Å². The fraction of sp³-hybridized carbons (Fsp3) is 0. The molecule has 0 aliphatic rings. The van der Waals surface area contributed by atoms with Gasteiger partial charge in [0.2, 0.25) is 0 Å². The largest absolute Gasteiger partial charge is 5.00 e. The Balaban J connectivity index is 0. The maximum Gasteiger partial charge on any atom is 5.00 e. The Morgan fingerprint density at radius 3 is 0.286 bits per heavy atom. The van der Waals surface area contributed by atoms with Crippen molar-refractivity contribution in [2.45, 2.75) is 0 Å². The van der Waals surface area contributed by atoms with Crippen LogP contribution in [-0.4, -0.2) is 0 Å². The van der Waals surface area contributed by atoms with Gasteiger partial charge in [-0.2, -0.15) is 0 Å². The first-order valence-corrected chi connectivity index (χ1v) is 0. The van der Waals surface area contributed by atoms with Crippen LogP contribution in [0.5, 0.6) is 0 Å². The van der Waals surface area contributed by atoms with Crippen molar-refractivity contribution in [1.29, 1.82) is 0 Å². The predicted molar refractivity (Wildman–Crippen MR) is 3.43 cm³/mol. The number of hydrogen-bond acceptors (Lipinski definition) is 0. The second kappa shape index (κ2) is 74.9. The smallest absolute Gasteiger partial charge is 2.00 e. The Kier molecular flexibility index (Phi) is 1150. The summed E-state index contributed by atoms with van der Waals surface area (Å²) in [5.74, 6) is 0. The molecule has 0 heterocycles. The Labute approximate surface area is 109 Å². The van der Waals surface area contributed by atoms with E-state index in [0.717, 1.165) is 0 Å². The average Bonchev–Trinajstić information content (AvgIpc) is 0. The molecule has 0 unspecified atom stereocenters. The van der Waals surface area contributed by atoms with E-state index in [4.69, 9.17) is 0 Å². The Hall–Kier alpha value is 2.55. The molecule has 7 heavy (non-hydrogen) atoms. The van der Waals surface area contributed by atoms with Crippen LogP contribution in [0.3, 0.4) is 0 Å². The van der Waals surface area contributed by atoms with Gasteiger partial charge in [0.05, 0.1) is 0 Å². The molecular weight excluding hydrogens is 360 g/mol. The van der Waals surface area contributed by atoms with Crippen molar-refractivity contribution in [3.63, 3.8) is 0 Å². The van der Waals surface area contributed by atoms with Gasteiger partial charge in [0.15, 0.2) is 0 Å². The molecule has 0 saturated carbocycles. The van der Waals surface area contributed by atoms with Crippen LogP contribution >= 0.6 is 0 Å².